The molecule has 1 fully saturated rings. The van der Waals surface area contributed by atoms with Gasteiger partial charge in [-0.15, -0.1) is 0 Å². The maximum absolute atomic E-state index is 11.2. The van der Waals surface area contributed by atoms with Crippen molar-refractivity contribution >= 4 is 17.1 Å². The van der Waals surface area contributed by atoms with E-state index in [1.165, 1.54) is 22.6 Å². The second kappa shape index (κ2) is 7.92. The summed E-state index contributed by atoms with van der Waals surface area (Å²) < 4.78 is 0. The highest BCUT2D eigenvalue weighted by Crippen LogP contribution is 2.30. The normalized spacial score (nSPS) is 19.7. The molecule has 0 spiro atoms. The van der Waals surface area contributed by atoms with Gasteiger partial charge in [0.2, 0.25) is 0 Å². The van der Waals surface area contributed by atoms with Crippen molar-refractivity contribution in [2.45, 2.75) is 25.4 Å². The van der Waals surface area contributed by atoms with Crippen molar-refractivity contribution in [1.29, 1.82) is 0 Å². The predicted molar refractivity (Wildman–Crippen MR) is 97.2 cm³/mol. The van der Waals surface area contributed by atoms with Crippen LogP contribution in [0.5, 0.6) is 0 Å². The van der Waals surface area contributed by atoms with Crippen molar-refractivity contribution in [2.75, 3.05) is 18.4 Å². The van der Waals surface area contributed by atoms with Crippen LogP contribution in [0.3, 0.4) is 0 Å². The lowest BCUT2D eigenvalue weighted by Gasteiger charge is -2.30. The number of benzene rings is 2. The third-order valence-corrected chi connectivity index (χ3v) is 4.74. The number of hydrogen-bond acceptors (Lipinski definition) is 5. The lowest BCUT2D eigenvalue weighted by atomic mass is 10.0. The lowest BCUT2D eigenvalue weighted by molar-refractivity contribution is -0.918. The number of likely N-dealkylation sites (tertiary alicyclic amines) is 1. The molecule has 2 N–H and O–H groups in total. The smallest absolute Gasteiger partial charge is 0.299 e. The molecule has 0 bridgehead atoms. The van der Waals surface area contributed by atoms with E-state index in [-0.39, 0.29) is 17.4 Å². The van der Waals surface area contributed by atoms with Crippen LogP contribution in [0.15, 0.2) is 48.5 Å². The number of nitro groups is 2. The van der Waals surface area contributed by atoms with Crippen molar-refractivity contribution in [3.8, 4) is 0 Å². The molecule has 8 heteroatoms. The SMILES string of the molecule is O=[N+]([O-])c1ccc(NC2CC[NH+](Cc3ccccc3)CC2)c([N+](=O)[O-])c1. The first-order valence-electron chi connectivity index (χ1n) is 8.60. The molecule has 1 saturated heterocycles. The highest BCUT2D eigenvalue weighted by Gasteiger charge is 2.25. The molecule has 0 aromatic heterocycles. The van der Waals surface area contributed by atoms with E-state index in [0.29, 0.717) is 5.69 Å². The second-order valence-corrected chi connectivity index (χ2v) is 6.55. The van der Waals surface area contributed by atoms with Crippen molar-refractivity contribution in [3.05, 3.63) is 74.3 Å². The van der Waals surface area contributed by atoms with Crippen molar-refractivity contribution in [3.63, 3.8) is 0 Å². The summed E-state index contributed by atoms with van der Waals surface area (Å²) in [5.41, 5.74) is 1.12. The molecule has 1 aliphatic rings. The summed E-state index contributed by atoms with van der Waals surface area (Å²) in [5, 5.41) is 25.3. The van der Waals surface area contributed by atoms with E-state index in [9.17, 15) is 20.2 Å². The van der Waals surface area contributed by atoms with Crippen molar-refractivity contribution < 1.29 is 14.7 Å². The highest BCUT2D eigenvalue weighted by atomic mass is 16.6. The molecular weight excluding hydrogens is 336 g/mol. The van der Waals surface area contributed by atoms with Crippen molar-refractivity contribution in [1.82, 2.24) is 0 Å². The van der Waals surface area contributed by atoms with Crippen LogP contribution in [0, 0.1) is 20.2 Å². The van der Waals surface area contributed by atoms with E-state index in [1.54, 1.807) is 0 Å². The molecule has 1 heterocycles. The Hall–Kier alpha value is -3.00. The van der Waals surface area contributed by atoms with E-state index < -0.39 is 9.85 Å². The molecule has 0 unspecified atom stereocenters. The van der Waals surface area contributed by atoms with Gasteiger partial charge in [-0.3, -0.25) is 20.2 Å². The van der Waals surface area contributed by atoms with E-state index in [4.69, 9.17) is 0 Å². The predicted octanol–water partition coefficient (Wildman–Crippen LogP) is 2.16. The fourth-order valence-corrected chi connectivity index (χ4v) is 3.36. The first-order chi connectivity index (χ1) is 12.5. The molecule has 8 nitrogen and oxygen atoms in total. The molecule has 0 amide bonds. The van der Waals surface area contributed by atoms with Crippen LogP contribution in [0.4, 0.5) is 17.1 Å². The molecule has 2 aromatic rings. The van der Waals surface area contributed by atoms with Crippen molar-refractivity contribution in [2.24, 2.45) is 0 Å². The van der Waals surface area contributed by atoms with Gasteiger partial charge < -0.3 is 10.2 Å². The zero-order chi connectivity index (χ0) is 18.5. The van der Waals surface area contributed by atoms with Gasteiger partial charge in [-0.2, -0.15) is 0 Å². The zero-order valence-corrected chi connectivity index (χ0v) is 14.3. The lowest BCUT2D eigenvalue weighted by Crippen LogP contribution is -3.12. The summed E-state index contributed by atoms with van der Waals surface area (Å²) in [7, 11) is 0. The monoisotopic (exact) mass is 357 g/mol. The van der Waals surface area contributed by atoms with Gasteiger partial charge in [-0.25, -0.2) is 0 Å². The molecule has 0 radical (unpaired) electrons. The summed E-state index contributed by atoms with van der Waals surface area (Å²) in [4.78, 5) is 22.3. The molecule has 3 rings (SSSR count). The minimum atomic E-state index is -0.623. The summed E-state index contributed by atoms with van der Waals surface area (Å²) in [6, 6.07) is 14.2. The molecule has 136 valence electrons. The average molecular weight is 357 g/mol. The van der Waals surface area contributed by atoms with Crippen LogP contribution in [0.25, 0.3) is 0 Å². The second-order valence-electron chi connectivity index (χ2n) is 6.55. The van der Waals surface area contributed by atoms with Crippen LogP contribution < -0.4 is 10.2 Å². The van der Waals surface area contributed by atoms with Crippen LogP contribution in [-0.2, 0) is 6.54 Å². The Balaban J connectivity index is 1.61. The van der Waals surface area contributed by atoms with Gasteiger partial charge in [0.25, 0.3) is 11.4 Å². The maximum atomic E-state index is 11.2. The largest absolute Gasteiger partial charge is 0.376 e. The van der Waals surface area contributed by atoms with Gasteiger partial charge in [0.15, 0.2) is 0 Å². The maximum Gasteiger partial charge on any atom is 0.299 e. The summed E-state index contributed by atoms with van der Waals surface area (Å²) in [6.07, 6.45) is 1.80. The number of anilines is 1. The number of piperidine rings is 1. The summed E-state index contributed by atoms with van der Waals surface area (Å²) in [6.45, 7) is 2.94. The highest BCUT2D eigenvalue weighted by molar-refractivity contribution is 5.65. The minimum Gasteiger partial charge on any atom is -0.376 e. The van der Waals surface area contributed by atoms with Crippen LogP contribution >= 0.6 is 0 Å². The van der Waals surface area contributed by atoms with Crippen LogP contribution in [0.1, 0.15) is 18.4 Å². The standard InChI is InChI=1S/C18H20N4O4/c23-21(24)16-6-7-17(18(12-16)22(25)26)19-15-8-10-20(11-9-15)13-14-4-2-1-3-5-14/h1-7,12,15,19H,8-11,13H2/p+1. The zero-order valence-electron chi connectivity index (χ0n) is 14.3. The molecule has 0 aliphatic carbocycles. The number of quaternary nitrogens is 1. The Morgan fingerprint density at radius 3 is 2.31 bits per heavy atom. The Kier molecular flexibility index (Phi) is 5.43. The first-order valence-corrected chi connectivity index (χ1v) is 8.60. The van der Waals surface area contributed by atoms with Gasteiger partial charge in [-0.05, 0) is 6.07 Å². The molecule has 1 aliphatic heterocycles. The van der Waals surface area contributed by atoms with Crippen LogP contribution in [0.2, 0.25) is 0 Å². The fraction of sp³-hybridized carbons (Fsp3) is 0.333. The summed E-state index contributed by atoms with van der Waals surface area (Å²) >= 11 is 0. The minimum absolute atomic E-state index is 0.134. The van der Waals surface area contributed by atoms with E-state index in [0.717, 1.165) is 38.5 Å². The van der Waals surface area contributed by atoms with Gasteiger partial charge in [-0.1, -0.05) is 30.3 Å². The average Bonchev–Trinajstić information content (AvgIpc) is 2.64. The number of hydrogen-bond donors (Lipinski definition) is 2. The third kappa shape index (κ3) is 4.34. The quantitative estimate of drug-likeness (QED) is 0.609. The number of nitrogens with one attached hydrogen (secondary N) is 2. The number of rotatable bonds is 6. The molecule has 0 atom stereocenters. The van der Waals surface area contributed by atoms with Gasteiger partial charge in [0.05, 0.1) is 29.0 Å². The molecule has 26 heavy (non-hydrogen) atoms. The van der Waals surface area contributed by atoms with Gasteiger partial charge in [0.1, 0.15) is 12.2 Å². The Bertz CT molecular complexity index is 789. The Morgan fingerprint density at radius 2 is 1.69 bits per heavy atom. The van der Waals surface area contributed by atoms with Gasteiger partial charge in [0, 0.05) is 30.5 Å². The molecular formula is C18H21N4O4+. The number of non-ortho nitro benzene ring substituents is 1. The Labute approximate surface area is 150 Å². The Morgan fingerprint density at radius 1 is 1.00 bits per heavy atom. The molecule has 2 aromatic carbocycles. The first kappa shape index (κ1) is 17.8. The summed E-state index contributed by atoms with van der Waals surface area (Å²) in [5.74, 6) is 0. The fourth-order valence-electron chi connectivity index (χ4n) is 3.36. The van der Waals surface area contributed by atoms with Crippen LogP contribution in [-0.4, -0.2) is 29.0 Å². The number of nitro benzene ring substituents is 2. The van der Waals surface area contributed by atoms with E-state index in [2.05, 4.69) is 17.4 Å². The van der Waals surface area contributed by atoms with Gasteiger partial charge >= 0.3 is 0 Å². The van der Waals surface area contributed by atoms with E-state index >= 15 is 0 Å². The third-order valence-electron chi connectivity index (χ3n) is 4.74. The molecule has 0 saturated carbocycles. The number of nitrogens with zero attached hydrogens (tertiary/aromatic N) is 2. The topological polar surface area (TPSA) is 103 Å². The van der Waals surface area contributed by atoms with E-state index in [1.807, 2.05) is 18.2 Å².